The van der Waals surface area contributed by atoms with Gasteiger partial charge in [-0.3, -0.25) is 4.79 Å². The summed E-state index contributed by atoms with van der Waals surface area (Å²) in [6.07, 6.45) is 0. The van der Waals surface area contributed by atoms with E-state index in [1.54, 1.807) is 19.1 Å². The number of hydrogen-bond acceptors (Lipinski definition) is 7. The molecule has 114 valence electrons. The zero-order valence-corrected chi connectivity index (χ0v) is 13.3. The Bertz CT molecular complexity index is 595. The van der Waals surface area contributed by atoms with Crippen LogP contribution in [0.3, 0.4) is 0 Å². The van der Waals surface area contributed by atoms with E-state index < -0.39 is 15.7 Å². The van der Waals surface area contributed by atoms with E-state index in [-0.39, 0.29) is 21.2 Å². The van der Waals surface area contributed by atoms with E-state index in [2.05, 4.69) is 0 Å². The van der Waals surface area contributed by atoms with Gasteiger partial charge in [0.2, 0.25) is 0 Å². The number of carbonyl (C=O) groups excluding carboxylic acids is 1. The predicted octanol–water partition coefficient (Wildman–Crippen LogP) is 0.305. The lowest BCUT2D eigenvalue weighted by Gasteiger charge is -2.18. The van der Waals surface area contributed by atoms with Crippen molar-refractivity contribution in [2.24, 2.45) is 5.73 Å². The summed E-state index contributed by atoms with van der Waals surface area (Å²) in [5, 5.41) is 0.412. The first-order chi connectivity index (χ1) is 9.26. The molecule has 20 heavy (non-hydrogen) atoms. The average Bonchev–Trinajstić information content (AvgIpc) is 2.74. The number of anilines is 2. The number of amides is 1. The highest BCUT2D eigenvalue weighted by molar-refractivity contribution is 7.92. The Balaban J connectivity index is 3.42. The molecule has 0 fully saturated rings. The summed E-state index contributed by atoms with van der Waals surface area (Å²) in [5.74, 6) is -0.830. The van der Waals surface area contributed by atoms with E-state index in [4.69, 9.17) is 16.2 Å². The smallest absolute Gasteiger partial charge is 0.261 e. The number of methoxy groups -OCH3 is 1. The molecule has 4 N–H and O–H groups in total. The minimum Gasteiger partial charge on any atom is -0.396 e. The van der Waals surface area contributed by atoms with Gasteiger partial charge < -0.3 is 21.1 Å². The van der Waals surface area contributed by atoms with Crippen LogP contribution in [0.5, 0.6) is 0 Å². The third kappa shape index (κ3) is 3.22. The van der Waals surface area contributed by atoms with Gasteiger partial charge in [0.15, 0.2) is 9.84 Å². The molecule has 0 aromatic carbocycles. The molecule has 0 radical (unpaired) electrons. The van der Waals surface area contributed by atoms with Crippen molar-refractivity contribution in [2.75, 3.05) is 43.7 Å². The minimum absolute atomic E-state index is 0.0163. The van der Waals surface area contributed by atoms with Crippen LogP contribution in [0.4, 0.5) is 10.7 Å². The van der Waals surface area contributed by atoms with Gasteiger partial charge in [-0.05, 0) is 0 Å². The van der Waals surface area contributed by atoms with Gasteiger partial charge >= 0.3 is 0 Å². The molecule has 1 rings (SSSR count). The summed E-state index contributed by atoms with van der Waals surface area (Å²) in [6.45, 7) is 2.42. The number of hydrogen-bond donors (Lipinski definition) is 2. The maximum Gasteiger partial charge on any atom is 0.261 e. The topological polar surface area (TPSA) is 116 Å². The van der Waals surface area contributed by atoms with Crippen molar-refractivity contribution in [1.29, 1.82) is 0 Å². The number of nitrogens with zero attached hydrogens (tertiary/aromatic N) is 1. The van der Waals surface area contributed by atoms with Crippen LogP contribution < -0.4 is 16.4 Å². The van der Waals surface area contributed by atoms with Crippen LogP contribution in [0, 0.1) is 0 Å². The largest absolute Gasteiger partial charge is 0.396 e. The fourth-order valence-corrected chi connectivity index (χ4v) is 4.30. The van der Waals surface area contributed by atoms with Gasteiger partial charge in [-0.1, -0.05) is 6.92 Å². The van der Waals surface area contributed by atoms with Gasteiger partial charge in [0, 0.05) is 20.7 Å². The Morgan fingerprint density at radius 2 is 2.05 bits per heavy atom. The molecule has 0 saturated heterocycles. The van der Waals surface area contributed by atoms with Gasteiger partial charge in [0.05, 0.1) is 18.0 Å². The van der Waals surface area contributed by atoms with Crippen LogP contribution in [-0.4, -0.2) is 47.4 Å². The first-order valence-corrected chi connectivity index (χ1v) is 8.38. The number of sulfone groups is 1. The van der Waals surface area contributed by atoms with Crippen molar-refractivity contribution < 1.29 is 17.9 Å². The van der Waals surface area contributed by atoms with Crippen molar-refractivity contribution in [3.8, 4) is 0 Å². The molecule has 1 amide bonds. The Kier molecular flexibility index (Phi) is 5.37. The molecule has 1 aromatic rings. The molecule has 0 aliphatic rings. The Morgan fingerprint density at radius 3 is 2.50 bits per heavy atom. The number of rotatable bonds is 7. The molecule has 0 atom stereocenters. The van der Waals surface area contributed by atoms with Crippen molar-refractivity contribution >= 4 is 37.8 Å². The summed E-state index contributed by atoms with van der Waals surface area (Å²) < 4.78 is 29.3. The first-order valence-electron chi connectivity index (χ1n) is 5.91. The Morgan fingerprint density at radius 1 is 1.45 bits per heavy atom. The Labute approximate surface area is 122 Å². The second kappa shape index (κ2) is 6.42. The molecular weight excluding hydrogens is 302 g/mol. The van der Waals surface area contributed by atoms with Crippen LogP contribution in [0.15, 0.2) is 4.90 Å². The summed E-state index contributed by atoms with van der Waals surface area (Å²) in [5.41, 5.74) is 11.0. The van der Waals surface area contributed by atoms with Gasteiger partial charge in [-0.2, -0.15) is 0 Å². The van der Waals surface area contributed by atoms with E-state index in [1.807, 2.05) is 0 Å². The van der Waals surface area contributed by atoms with Crippen LogP contribution in [-0.2, 0) is 14.6 Å². The van der Waals surface area contributed by atoms with Gasteiger partial charge in [0.1, 0.15) is 14.8 Å². The number of nitrogens with two attached hydrogens (primary N) is 2. The maximum atomic E-state index is 12.2. The molecule has 0 saturated carbocycles. The molecule has 9 heteroatoms. The zero-order chi connectivity index (χ0) is 15.5. The average molecular weight is 321 g/mol. The standard InChI is InChI=1S/C11H19N3O4S2/c1-4-20(16,17)9-7(12)8(10(13)15)19-11(9)14(2)5-6-18-3/h4-6,12H2,1-3H3,(H2,13,15). The van der Waals surface area contributed by atoms with Crippen LogP contribution in [0.2, 0.25) is 0 Å². The molecule has 1 heterocycles. The van der Waals surface area contributed by atoms with E-state index in [0.29, 0.717) is 18.2 Å². The lowest BCUT2D eigenvalue weighted by atomic mass is 10.3. The van der Waals surface area contributed by atoms with Crippen molar-refractivity contribution in [3.05, 3.63) is 4.88 Å². The molecule has 1 aromatic heterocycles. The monoisotopic (exact) mass is 321 g/mol. The second-order valence-corrected chi connectivity index (χ2v) is 7.38. The maximum absolute atomic E-state index is 12.2. The predicted molar refractivity (Wildman–Crippen MR) is 80.1 cm³/mol. The third-order valence-corrected chi connectivity index (χ3v) is 6.03. The number of primary amides is 1. The lowest BCUT2D eigenvalue weighted by Crippen LogP contribution is -2.23. The number of likely N-dealkylation sites (N-methyl/N-ethyl adjacent to an activating group) is 1. The van der Waals surface area contributed by atoms with E-state index in [9.17, 15) is 13.2 Å². The molecule has 7 nitrogen and oxygen atoms in total. The first kappa shape index (κ1) is 16.7. The number of thiophene rings is 1. The number of carbonyl (C=O) groups is 1. The van der Waals surface area contributed by atoms with Crippen molar-refractivity contribution in [1.82, 2.24) is 0 Å². The SMILES string of the molecule is CCS(=O)(=O)c1c(N(C)CCOC)sc(C(N)=O)c1N. The third-order valence-electron chi connectivity index (χ3n) is 2.77. The zero-order valence-electron chi connectivity index (χ0n) is 11.7. The second-order valence-electron chi connectivity index (χ2n) is 4.16. The van der Waals surface area contributed by atoms with Crippen molar-refractivity contribution in [3.63, 3.8) is 0 Å². The van der Waals surface area contributed by atoms with Crippen LogP contribution >= 0.6 is 11.3 Å². The van der Waals surface area contributed by atoms with Crippen molar-refractivity contribution in [2.45, 2.75) is 11.8 Å². The van der Waals surface area contributed by atoms with Gasteiger partial charge in [-0.25, -0.2) is 8.42 Å². The van der Waals surface area contributed by atoms with Crippen LogP contribution in [0.1, 0.15) is 16.6 Å². The molecular formula is C11H19N3O4S2. The number of ether oxygens (including phenoxy) is 1. The quantitative estimate of drug-likeness (QED) is 0.746. The molecule has 0 bridgehead atoms. The summed E-state index contributed by atoms with van der Waals surface area (Å²) in [6, 6.07) is 0. The summed E-state index contributed by atoms with van der Waals surface area (Å²) in [4.78, 5) is 13.1. The fraction of sp³-hybridized carbons (Fsp3) is 0.545. The molecule has 0 unspecified atom stereocenters. The summed E-state index contributed by atoms with van der Waals surface area (Å²) >= 11 is 0.987. The molecule has 0 aliphatic heterocycles. The van der Waals surface area contributed by atoms with E-state index in [1.165, 1.54) is 6.92 Å². The highest BCUT2D eigenvalue weighted by Crippen LogP contribution is 2.41. The minimum atomic E-state index is -3.55. The fourth-order valence-electron chi connectivity index (χ4n) is 1.63. The highest BCUT2D eigenvalue weighted by Gasteiger charge is 2.29. The molecule has 0 aliphatic carbocycles. The lowest BCUT2D eigenvalue weighted by molar-refractivity contribution is 0.100. The molecule has 0 spiro atoms. The highest BCUT2D eigenvalue weighted by atomic mass is 32.2. The number of nitrogen functional groups attached to an aromatic ring is 1. The van der Waals surface area contributed by atoms with Gasteiger partial charge in [0.25, 0.3) is 5.91 Å². The summed E-state index contributed by atoms with van der Waals surface area (Å²) in [7, 11) is -0.284. The Hall–Kier alpha value is -1.32. The van der Waals surface area contributed by atoms with Crippen LogP contribution in [0.25, 0.3) is 0 Å². The van der Waals surface area contributed by atoms with Gasteiger partial charge in [-0.15, -0.1) is 11.3 Å². The van der Waals surface area contributed by atoms with E-state index in [0.717, 1.165) is 11.3 Å². The normalized spacial score (nSPS) is 11.6. The van der Waals surface area contributed by atoms with E-state index >= 15 is 0 Å².